The predicted molar refractivity (Wildman–Crippen MR) is 99.3 cm³/mol. The number of benzene rings is 2. The molecule has 0 unspecified atom stereocenters. The lowest BCUT2D eigenvalue weighted by Crippen LogP contribution is -2.50. The van der Waals surface area contributed by atoms with Crippen molar-refractivity contribution < 1.29 is 19.6 Å². The van der Waals surface area contributed by atoms with E-state index in [-0.39, 0.29) is 11.8 Å². The molecular formula is C19H21BN2O4. The van der Waals surface area contributed by atoms with Crippen molar-refractivity contribution >= 4 is 24.4 Å². The van der Waals surface area contributed by atoms with Gasteiger partial charge in [0.1, 0.15) is 0 Å². The molecule has 26 heavy (non-hydrogen) atoms. The largest absolute Gasteiger partial charge is 0.488 e. The number of rotatable bonds is 3. The van der Waals surface area contributed by atoms with Gasteiger partial charge in [-0.25, -0.2) is 0 Å². The number of hydrogen-bond acceptors (Lipinski definition) is 4. The number of aryl methyl sites for hydroxylation is 1. The van der Waals surface area contributed by atoms with E-state index in [9.17, 15) is 9.59 Å². The molecule has 1 fully saturated rings. The Morgan fingerprint density at radius 3 is 1.54 bits per heavy atom. The lowest BCUT2D eigenvalue weighted by atomic mass is 9.80. The van der Waals surface area contributed by atoms with Gasteiger partial charge in [0.15, 0.2) is 0 Å². The fourth-order valence-electron chi connectivity index (χ4n) is 2.97. The van der Waals surface area contributed by atoms with Crippen LogP contribution in [-0.2, 0) is 0 Å². The molecule has 2 aromatic rings. The number of carbonyl (C=O) groups excluding carboxylic acids is 2. The molecule has 2 amide bonds. The summed E-state index contributed by atoms with van der Waals surface area (Å²) >= 11 is 0. The molecule has 0 aromatic heterocycles. The van der Waals surface area contributed by atoms with Crippen molar-refractivity contribution in [3.63, 3.8) is 0 Å². The molecule has 3 rings (SSSR count). The highest BCUT2D eigenvalue weighted by molar-refractivity contribution is 6.58. The third-order valence-electron chi connectivity index (χ3n) is 4.61. The second-order valence-corrected chi connectivity index (χ2v) is 6.45. The first-order valence-corrected chi connectivity index (χ1v) is 8.57. The molecule has 2 aromatic carbocycles. The molecular weight excluding hydrogens is 331 g/mol. The Hall–Kier alpha value is -2.64. The van der Waals surface area contributed by atoms with Gasteiger partial charge in [-0.05, 0) is 36.7 Å². The van der Waals surface area contributed by atoms with Gasteiger partial charge in [0.25, 0.3) is 11.8 Å². The molecule has 1 aliphatic heterocycles. The van der Waals surface area contributed by atoms with Crippen LogP contribution in [0.3, 0.4) is 0 Å². The highest BCUT2D eigenvalue weighted by atomic mass is 16.4. The lowest BCUT2D eigenvalue weighted by Gasteiger charge is -2.35. The minimum atomic E-state index is -1.55. The van der Waals surface area contributed by atoms with E-state index in [1.807, 2.05) is 31.2 Å². The van der Waals surface area contributed by atoms with E-state index in [0.29, 0.717) is 42.8 Å². The Morgan fingerprint density at radius 2 is 1.15 bits per heavy atom. The topological polar surface area (TPSA) is 81.1 Å². The minimum absolute atomic E-state index is 0.0154. The molecule has 6 nitrogen and oxygen atoms in total. The molecule has 1 heterocycles. The Morgan fingerprint density at radius 1 is 0.769 bits per heavy atom. The van der Waals surface area contributed by atoms with Gasteiger partial charge >= 0.3 is 7.12 Å². The third-order valence-corrected chi connectivity index (χ3v) is 4.61. The summed E-state index contributed by atoms with van der Waals surface area (Å²) in [5.74, 6) is -0.134. The van der Waals surface area contributed by atoms with Crippen molar-refractivity contribution in [1.29, 1.82) is 0 Å². The molecule has 2 N–H and O–H groups in total. The second-order valence-electron chi connectivity index (χ2n) is 6.45. The van der Waals surface area contributed by atoms with Gasteiger partial charge < -0.3 is 19.8 Å². The highest BCUT2D eigenvalue weighted by Crippen LogP contribution is 2.12. The summed E-state index contributed by atoms with van der Waals surface area (Å²) < 4.78 is 0. The van der Waals surface area contributed by atoms with Gasteiger partial charge in [0, 0.05) is 37.3 Å². The first kappa shape index (κ1) is 18.2. The summed E-state index contributed by atoms with van der Waals surface area (Å²) in [6.07, 6.45) is 0. The smallest absolute Gasteiger partial charge is 0.423 e. The van der Waals surface area contributed by atoms with Gasteiger partial charge in [0.05, 0.1) is 0 Å². The van der Waals surface area contributed by atoms with E-state index < -0.39 is 7.12 Å². The maximum Gasteiger partial charge on any atom is 0.488 e. The molecule has 7 heteroatoms. The van der Waals surface area contributed by atoms with Gasteiger partial charge in [-0.3, -0.25) is 9.59 Å². The number of nitrogens with zero attached hydrogens (tertiary/aromatic N) is 2. The SMILES string of the molecule is Cc1ccc(C(=O)N2CCN(C(=O)c3ccc(B(O)O)cc3)CC2)cc1. The minimum Gasteiger partial charge on any atom is -0.423 e. The molecule has 0 radical (unpaired) electrons. The monoisotopic (exact) mass is 352 g/mol. The van der Waals surface area contributed by atoms with Crippen LogP contribution in [0, 0.1) is 6.92 Å². The van der Waals surface area contributed by atoms with E-state index in [1.165, 1.54) is 12.1 Å². The molecule has 1 aliphatic rings. The van der Waals surface area contributed by atoms with Crippen LogP contribution in [0.2, 0.25) is 0 Å². The molecule has 0 atom stereocenters. The standard InChI is InChI=1S/C19H21BN2O4/c1-14-2-4-15(5-3-14)18(23)21-10-12-22(13-11-21)19(24)16-6-8-17(9-7-16)20(25)26/h2-9,25-26H,10-13H2,1H3. The number of hydrogen-bond donors (Lipinski definition) is 2. The average Bonchev–Trinajstić information content (AvgIpc) is 2.67. The normalized spacial score (nSPS) is 14.3. The van der Waals surface area contributed by atoms with Gasteiger partial charge in [0.2, 0.25) is 0 Å². The predicted octanol–water partition coefficient (Wildman–Crippen LogP) is 0.273. The van der Waals surface area contributed by atoms with Crippen molar-refractivity contribution in [2.45, 2.75) is 6.92 Å². The van der Waals surface area contributed by atoms with E-state index >= 15 is 0 Å². The molecule has 1 saturated heterocycles. The van der Waals surface area contributed by atoms with Crippen LogP contribution in [0.4, 0.5) is 0 Å². The van der Waals surface area contributed by atoms with Crippen molar-refractivity contribution in [2.75, 3.05) is 26.2 Å². The Kier molecular flexibility index (Phi) is 5.39. The average molecular weight is 352 g/mol. The Labute approximate surface area is 152 Å². The fraction of sp³-hybridized carbons (Fsp3) is 0.263. The fourth-order valence-corrected chi connectivity index (χ4v) is 2.97. The van der Waals surface area contributed by atoms with Gasteiger partial charge in [-0.2, -0.15) is 0 Å². The molecule has 0 spiro atoms. The second kappa shape index (κ2) is 7.72. The quantitative estimate of drug-likeness (QED) is 0.778. The van der Waals surface area contributed by atoms with Crippen LogP contribution >= 0.6 is 0 Å². The van der Waals surface area contributed by atoms with Crippen LogP contribution < -0.4 is 5.46 Å². The first-order chi connectivity index (χ1) is 12.5. The van der Waals surface area contributed by atoms with E-state index in [1.54, 1.807) is 21.9 Å². The molecule has 134 valence electrons. The van der Waals surface area contributed by atoms with Crippen LogP contribution in [-0.4, -0.2) is 65.0 Å². The van der Waals surface area contributed by atoms with E-state index in [0.717, 1.165) is 5.56 Å². The summed E-state index contributed by atoms with van der Waals surface area (Å²) in [6.45, 7) is 3.91. The molecule has 0 bridgehead atoms. The first-order valence-electron chi connectivity index (χ1n) is 8.57. The molecule has 0 saturated carbocycles. The summed E-state index contributed by atoms with van der Waals surface area (Å²) in [7, 11) is -1.55. The number of amides is 2. The zero-order valence-corrected chi connectivity index (χ0v) is 14.6. The van der Waals surface area contributed by atoms with Gasteiger partial charge in [-0.1, -0.05) is 29.8 Å². The van der Waals surface area contributed by atoms with Crippen LogP contribution in [0.1, 0.15) is 26.3 Å². The summed E-state index contributed by atoms with van der Waals surface area (Å²) in [5.41, 5.74) is 2.60. The highest BCUT2D eigenvalue weighted by Gasteiger charge is 2.25. The van der Waals surface area contributed by atoms with Gasteiger partial charge in [-0.15, -0.1) is 0 Å². The van der Waals surface area contributed by atoms with Crippen LogP contribution in [0.25, 0.3) is 0 Å². The number of piperazine rings is 1. The third kappa shape index (κ3) is 3.95. The summed E-state index contributed by atoms with van der Waals surface area (Å²) in [4.78, 5) is 28.6. The summed E-state index contributed by atoms with van der Waals surface area (Å²) in [6, 6.07) is 13.7. The van der Waals surface area contributed by atoms with Crippen molar-refractivity contribution in [3.05, 3.63) is 65.2 Å². The zero-order valence-electron chi connectivity index (χ0n) is 14.6. The Bertz CT molecular complexity index is 782. The van der Waals surface area contributed by atoms with Crippen LogP contribution in [0.5, 0.6) is 0 Å². The van der Waals surface area contributed by atoms with Crippen LogP contribution in [0.15, 0.2) is 48.5 Å². The lowest BCUT2D eigenvalue weighted by molar-refractivity contribution is 0.0535. The van der Waals surface area contributed by atoms with Crippen molar-refractivity contribution in [2.24, 2.45) is 0 Å². The maximum absolute atomic E-state index is 12.6. The maximum atomic E-state index is 12.6. The van der Waals surface area contributed by atoms with E-state index in [2.05, 4.69) is 0 Å². The summed E-state index contributed by atoms with van der Waals surface area (Å²) in [5, 5.41) is 18.2. The molecule has 0 aliphatic carbocycles. The van der Waals surface area contributed by atoms with Crippen molar-refractivity contribution in [1.82, 2.24) is 9.80 Å². The van der Waals surface area contributed by atoms with E-state index in [4.69, 9.17) is 10.0 Å². The Balaban J connectivity index is 1.60. The number of carbonyl (C=O) groups is 2. The van der Waals surface area contributed by atoms with Crippen molar-refractivity contribution in [3.8, 4) is 0 Å². The zero-order chi connectivity index (χ0) is 18.7.